The van der Waals surface area contributed by atoms with E-state index in [1.54, 1.807) is 0 Å². The second-order valence-electron chi connectivity index (χ2n) is 3.06. The minimum absolute atomic E-state index is 0.292. The van der Waals surface area contributed by atoms with Gasteiger partial charge in [0, 0.05) is 5.57 Å². The lowest BCUT2D eigenvalue weighted by Gasteiger charge is -1.95. The van der Waals surface area contributed by atoms with Crippen molar-refractivity contribution in [2.45, 2.75) is 39.0 Å². The van der Waals surface area contributed by atoms with Gasteiger partial charge in [-0.25, -0.2) is 4.79 Å². The molecular weight excluding hydrogens is 164 g/mol. The Hall–Kier alpha value is -1.05. The summed E-state index contributed by atoms with van der Waals surface area (Å²) in [5.41, 5.74) is 0.292. The number of hydrogen-bond acceptors (Lipinski definition) is 1. The van der Waals surface area contributed by atoms with Crippen LogP contribution in [0.5, 0.6) is 0 Å². The van der Waals surface area contributed by atoms with E-state index < -0.39 is 5.97 Å². The second-order valence-corrected chi connectivity index (χ2v) is 3.06. The Kier molecular flexibility index (Phi) is 6.98. The molecule has 0 aromatic heterocycles. The number of carboxylic acid groups (broad SMARTS) is 1. The van der Waals surface area contributed by atoms with Gasteiger partial charge in [0.25, 0.3) is 0 Å². The first-order valence-electron chi connectivity index (χ1n) is 4.74. The van der Waals surface area contributed by atoms with Crippen LogP contribution in [0.15, 0.2) is 24.3 Å². The van der Waals surface area contributed by atoms with E-state index in [4.69, 9.17) is 5.11 Å². The molecule has 0 bridgehead atoms. The Bertz CT molecular complexity index is 192. The molecular formula is C11H18O2. The lowest BCUT2D eigenvalue weighted by atomic mass is 10.1. The Morgan fingerprint density at radius 3 is 2.54 bits per heavy atom. The molecule has 0 atom stereocenters. The van der Waals surface area contributed by atoms with Crippen molar-refractivity contribution in [1.82, 2.24) is 0 Å². The summed E-state index contributed by atoms with van der Waals surface area (Å²) >= 11 is 0. The number of carbonyl (C=O) groups is 1. The summed E-state index contributed by atoms with van der Waals surface area (Å²) in [6, 6.07) is 0. The van der Waals surface area contributed by atoms with Crippen molar-refractivity contribution in [3.05, 3.63) is 24.3 Å². The third-order valence-corrected chi connectivity index (χ3v) is 1.81. The highest BCUT2D eigenvalue weighted by Crippen LogP contribution is 2.04. The molecule has 13 heavy (non-hydrogen) atoms. The van der Waals surface area contributed by atoms with Crippen molar-refractivity contribution >= 4 is 5.97 Å². The average molecular weight is 182 g/mol. The second kappa shape index (κ2) is 7.59. The van der Waals surface area contributed by atoms with Gasteiger partial charge in [-0.2, -0.15) is 0 Å². The Balaban J connectivity index is 3.39. The Morgan fingerprint density at radius 2 is 2.00 bits per heavy atom. The lowest BCUT2D eigenvalue weighted by Crippen LogP contribution is -1.97. The maximum Gasteiger partial charge on any atom is 0.330 e. The van der Waals surface area contributed by atoms with Gasteiger partial charge in [0.05, 0.1) is 0 Å². The maximum atomic E-state index is 10.3. The first-order valence-corrected chi connectivity index (χ1v) is 4.74. The Labute approximate surface area is 80.0 Å². The van der Waals surface area contributed by atoms with E-state index in [2.05, 4.69) is 19.6 Å². The number of rotatable bonds is 7. The van der Waals surface area contributed by atoms with Crippen LogP contribution in [0.25, 0.3) is 0 Å². The zero-order valence-electron chi connectivity index (χ0n) is 8.25. The molecule has 0 aromatic rings. The van der Waals surface area contributed by atoms with E-state index in [-0.39, 0.29) is 0 Å². The highest BCUT2D eigenvalue weighted by Gasteiger charge is 2.00. The third kappa shape index (κ3) is 7.32. The minimum atomic E-state index is -0.887. The van der Waals surface area contributed by atoms with Crippen LogP contribution in [0, 0.1) is 0 Å². The molecule has 2 heteroatoms. The fourth-order valence-electron chi connectivity index (χ4n) is 0.922. The molecule has 0 saturated carbocycles. The predicted octanol–water partition coefficient (Wildman–Crippen LogP) is 3.15. The van der Waals surface area contributed by atoms with Crippen LogP contribution in [-0.4, -0.2) is 11.1 Å². The molecule has 2 nitrogen and oxygen atoms in total. The van der Waals surface area contributed by atoms with Crippen LogP contribution in [0.4, 0.5) is 0 Å². The number of allylic oxidation sites excluding steroid dienone is 2. The molecule has 0 fully saturated rings. The van der Waals surface area contributed by atoms with Gasteiger partial charge in [-0.3, -0.25) is 0 Å². The molecule has 74 valence electrons. The van der Waals surface area contributed by atoms with Crippen LogP contribution >= 0.6 is 0 Å². The van der Waals surface area contributed by atoms with Crippen molar-refractivity contribution < 1.29 is 9.90 Å². The smallest absolute Gasteiger partial charge is 0.330 e. The van der Waals surface area contributed by atoms with Gasteiger partial charge in [-0.15, -0.1) is 0 Å². The number of unbranched alkanes of at least 4 members (excludes halogenated alkanes) is 2. The summed E-state index contributed by atoms with van der Waals surface area (Å²) in [5.74, 6) is -0.887. The van der Waals surface area contributed by atoms with E-state index in [1.165, 1.54) is 12.8 Å². The molecule has 0 aromatic carbocycles. The van der Waals surface area contributed by atoms with Crippen molar-refractivity contribution in [1.29, 1.82) is 0 Å². The van der Waals surface area contributed by atoms with Gasteiger partial charge < -0.3 is 5.11 Å². The van der Waals surface area contributed by atoms with Crippen LogP contribution in [0.1, 0.15) is 39.0 Å². The van der Waals surface area contributed by atoms with Gasteiger partial charge in [0.1, 0.15) is 0 Å². The van der Waals surface area contributed by atoms with E-state index >= 15 is 0 Å². The van der Waals surface area contributed by atoms with E-state index in [0.717, 1.165) is 12.8 Å². The number of carboxylic acids is 1. The van der Waals surface area contributed by atoms with Gasteiger partial charge in [-0.05, 0) is 19.3 Å². The number of hydrogen-bond donors (Lipinski definition) is 1. The van der Waals surface area contributed by atoms with Crippen molar-refractivity contribution in [2.75, 3.05) is 0 Å². The molecule has 0 rings (SSSR count). The van der Waals surface area contributed by atoms with E-state index in [0.29, 0.717) is 12.0 Å². The molecule has 1 N–H and O–H groups in total. The summed E-state index contributed by atoms with van der Waals surface area (Å²) in [6.07, 6.45) is 8.98. The van der Waals surface area contributed by atoms with E-state index in [1.807, 2.05) is 6.08 Å². The fourth-order valence-corrected chi connectivity index (χ4v) is 0.922. The fraction of sp³-hybridized carbons (Fsp3) is 0.545. The van der Waals surface area contributed by atoms with E-state index in [9.17, 15) is 4.79 Å². The summed E-state index contributed by atoms with van der Waals surface area (Å²) < 4.78 is 0. The zero-order valence-corrected chi connectivity index (χ0v) is 8.25. The maximum absolute atomic E-state index is 10.3. The molecule has 0 spiro atoms. The summed E-state index contributed by atoms with van der Waals surface area (Å²) in [7, 11) is 0. The molecule has 0 aliphatic rings. The SMILES string of the molecule is C=C(CCC=CCCCC)C(=O)O. The monoisotopic (exact) mass is 182 g/mol. The first-order chi connectivity index (χ1) is 6.18. The van der Waals surface area contributed by atoms with Crippen LogP contribution < -0.4 is 0 Å². The van der Waals surface area contributed by atoms with Crippen LogP contribution in [0.3, 0.4) is 0 Å². The van der Waals surface area contributed by atoms with Crippen molar-refractivity contribution in [2.24, 2.45) is 0 Å². The van der Waals surface area contributed by atoms with Gasteiger partial charge >= 0.3 is 5.97 Å². The molecule has 0 aliphatic carbocycles. The summed E-state index contributed by atoms with van der Waals surface area (Å²) in [4.78, 5) is 10.3. The van der Waals surface area contributed by atoms with Crippen molar-refractivity contribution in [3.8, 4) is 0 Å². The molecule has 0 saturated heterocycles. The highest BCUT2D eigenvalue weighted by molar-refractivity contribution is 5.85. The van der Waals surface area contributed by atoms with Crippen LogP contribution in [0.2, 0.25) is 0 Å². The third-order valence-electron chi connectivity index (χ3n) is 1.81. The molecule has 0 amide bonds. The predicted molar refractivity (Wildman–Crippen MR) is 54.7 cm³/mol. The molecule has 0 heterocycles. The Morgan fingerprint density at radius 1 is 1.38 bits per heavy atom. The van der Waals surface area contributed by atoms with Crippen LogP contribution in [-0.2, 0) is 4.79 Å². The topological polar surface area (TPSA) is 37.3 Å². The first kappa shape index (κ1) is 11.9. The molecule has 0 unspecified atom stereocenters. The largest absolute Gasteiger partial charge is 0.478 e. The number of aliphatic carboxylic acids is 1. The summed E-state index contributed by atoms with van der Waals surface area (Å²) in [5, 5.41) is 8.50. The average Bonchev–Trinajstić information content (AvgIpc) is 2.10. The molecule has 0 radical (unpaired) electrons. The van der Waals surface area contributed by atoms with Gasteiger partial charge in [0.2, 0.25) is 0 Å². The minimum Gasteiger partial charge on any atom is -0.478 e. The van der Waals surface area contributed by atoms with Gasteiger partial charge in [-0.1, -0.05) is 38.5 Å². The standard InChI is InChI=1S/C11H18O2/c1-3-4-5-6-7-8-9-10(2)11(12)13/h6-7H,2-5,8-9H2,1H3,(H,12,13). The lowest BCUT2D eigenvalue weighted by molar-refractivity contribution is -0.132. The zero-order chi connectivity index (χ0) is 10.1. The normalized spacial score (nSPS) is 10.5. The highest BCUT2D eigenvalue weighted by atomic mass is 16.4. The molecule has 0 aliphatic heterocycles. The quantitative estimate of drug-likeness (QED) is 0.373. The summed E-state index contributed by atoms with van der Waals surface area (Å²) in [6.45, 7) is 5.61. The van der Waals surface area contributed by atoms with Gasteiger partial charge in [0.15, 0.2) is 0 Å². The van der Waals surface area contributed by atoms with Crippen molar-refractivity contribution in [3.63, 3.8) is 0 Å².